The number of hydrogen-bond acceptors (Lipinski definition) is 5. The molecule has 0 aliphatic rings. The quantitative estimate of drug-likeness (QED) is 0.641. The second kappa shape index (κ2) is 6.95. The number of hydrogen-bond donors (Lipinski definition) is 2. The van der Waals surface area contributed by atoms with Gasteiger partial charge in [-0.15, -0.1) is 0 Å². The molecule has 1 heterocycles. The van der Waals surface area contributed by atoms with Gasteiger partial charge in [0.1, 0.15) is 0 Å². The first-order valence-corrected chi connectivity index (χ1v) is 5.49. The predicted molar refractivity (Wildman–Crippen MR) is 58.9 cm³/mol. The van der Waals surface area contributed by atoms with E-state index in [4.69, 9.17) is 4.52 Å². The van der Waals surface area contributed by atoms with E-state index in [1.54, 1.807) is 6.92 Å². The highest BCUT2D eigenvalue weighted by molar-refractivity contribution is 5.77. The van der Waals surface area contributed by atoms with Crippen molar-refractivity contribution in [3.8, 4) is 0 Å². The van der Waals surface area contributed by atoms with Crippen molar-refractivity contribution in [3.05, 3.63) is 11.7 Å². The minimum atomic E-state index is 0.0172. The van der Waals surface area contributed by atoms with Crippen LogP contribution in [0.2, 0.25) is 0 Å². The van der Waals surface area contributed by atoms with Gasteiger partial charge < -0.3 is 15.2 Å². The van der Waals surface area contributed by atoms with E-state index in [1.807, 2.05) is 6.92 Å². The van der Waals surface area contributed by atoms with Crippen LogP contribution in [0.5, 0.6) is 0 Å². The second-order valence-corrected chi connectivity index (χ2v) is 3.51. The standard InChI is InChI=1S/C10H18N4O2/c1-3-5-12-9(15)7-11-6-4-10-13-8(2)14-16-10/h11H,3-7H2,1-2H3,(H,12,15). The summed E-state index contributed by atoms with van der Waals surface area (Å²) in [6.45, 7) is 5.50. The molecular weight excluding hydrogens is 208 g/mol. The van der Waals surface area contributed by atoms with E-state index in [9.17, 15) is 4.79 Å². The van der Waals surface area contributed by atoms with Crippen LogP contribution in [0.4, 0.5) is 0 Å². The monoisotopic (exact) mass is 226 g/mol. The Labute approximate surface area is 94.8 Å². The van der Waals surface area contributed by atoms with Crippen molar-refractivity contribution in [2.75, 3.05) is 19.6 Å². The zero-order valence-electron chi connectivity index (χ0n) is 9.75. The van der Waals surface area contributed by atoms with Gasteiger partial charge in [0.15, 0.2) is 5.82 Å². The Bertz CT molecular complexity index is 324. The molecule has 0 saturated carbocycles. The van der Waals surface area contributed by atoms with Crippen LogP contribution in [-0.4, -0.2) is 35.7 Å². The normalized spacial score (nSPS) is 10.4. The van der Waals surface area contributed by atoms with Crippen molar-refractivity contribution >= 4 is 5.91 Å². The Kier molecular flexibility index (Phi) is 5.49. The van der Waals surface area contributed by atoms with Gasteiger partial charge in [0.2, 0.25) is 11.8 Å². The number of aryl methyl sites for hydroxylation is 1. The fourth-order valence-electron chi connectivity index (χ4n) is 1.17. The first kappa shape index (κ1) is 12.6. The van der Waals surface area contributed by atoms with Gasteiger partial charge in [0, 0.05) is 19.5 Å². The van der Waals surface area contributed by atoms with Crippen LogP contribution >= 0.6 is 0 Å². The van der Waals surface area contributed by atoms with Crippen molar-refractivity contribution in [1.82, 2.24) is 20.8 Å². The minimum absolute atomic E-state index is 0.0172. The number of nitrogens with one attached hydrogen (secondary N) is 2. The highest BCUT2D eigenvalue weighted by atomic mass is 16.5. The molecule has 2 N–H and O–H groups in total. The first-order valence-electron chi connectivity index (χ1n) is 5.49. The summed E-state index contributed by atoms with van der Waals surface area (Å²) < 4.78 is 4.93. The number of carbonyl (C=O) groups excluding carboxylic acids is 1. The predicted octanol–water partition coefficient (Wildman–Crippen LogP) is 0.0363. The smallest absolute Gasteiger partial charge is 0.233 e. The second-order valence-electron chi connectivity index (χ2n) is 3.51. The maximum atomic E-state index is 11.2. The number of amides is 1. The molecule has 0 aliphatic carbocycles. The summed E-state index contributed by atoms with van der Waals surface area (Å²) in [5, 5.41) is 9.47. The Morgan fingerprint density at radius 1 is 1.44 bits per heavy atom. The minimum Gasteiger partial charge on any atom is -0.355 e. The van der Waals surface area contributed by atoms with Gasteiger partial charge in [-0.3, -0.25) is 4.79 Å². The topological polar surface area (TPSA) is 80.0 Å². The van der Waals surface area contributed by atoms with Gasteiger partial charge in [0.25, 0.3) is 0 Å². The largest absolute Gasteiger partial charge is 0.355 e. The van der Waals surface area contributed by atoms with Crippen LogP contribution in [-0.2, 0) is 11.2 Å². The summed E-state index contributed by atoms with van der Waals surface area (Å²) >= 11 is 0. The number of nitrogens with zero attached hydrogens (tertiary/aromatic N) is 2. The molecule has 1 aromatic heterocycles. The summed E-state index contributed by atoms with van der Waals surface area (Å²) in [5.41, 5.74) is 0. The Morgan fingerprint density at radius 2 is 2.25 bits per heavy atom. The van der Waals surface area contributed by atoms with E-state index in [1.165, 1.54) is 0 Å². The molecule has 16 heavy (non-hydrogen) atoms. The van der Waals surface area contributed by atoms with Crippen LogP contribution in [0.25, 0.3) is 0 Å². The van der Waals surface area contributed by atoms with E-state index < -0.39 is 0 Å². The molecule has 6 heteroatoms. The maximum absolute atomic E-state index is 11.2. The summed E-state index contributed by atoms with van der Waals surface area (Å²) in [5.74, 6) is 1.25. The summed E-state index contributed by atoms with van der Waals surface area (Å²) in [7, 11) is 0. The molecule has 6 nitrogen and oxygen atoms in total. The van der Waals surface area contributed by atoms with E-state index in [0.29, 0.717) is 31.2 Å². The van der Waals surface area contributed by atoms with Crippen molar-refractivity contribution in [2.24, 2.45) is 0 Å². The zero-order chi connectivity index (χ0) is 11.8. The molecule has 0 bridgehead atoms. The van der Waals surface area contributed by atoms with Crippen LogP contribution in [0, 0.1) is 6.92 Å². The van der Waals surface area contributed by atoms with Crippen molar-refractivity contribution in [3.63, 3.8) is 0 Å². The van der Waals surface area contributed by atoms with Crippen molar-refractivity contribution in [2.45, 2.75) is 26.7 Å². The molecule has 0 saturated heterocycles. The zero-order valence-corrected chi connectivity index (χ0v) is 9.75. The maximum Gasteiger partial charge on any atom is 0.233 e. The molecule has 90 valence electrons. The molecule has 0 aromatic carbocycles. The Morgan fingerprint density at radius 3 is 2.88 bits per heavy atom. The Balaban J connectivity index is 2.05. The molecule has 0 aliphatic heterocycles. The fourth-order valence-corrected chi connectivity index (χ4v) is 1.17. The lowest BCUT2D eigenvalue weighted by Crippen LogP contribution is -2.35. The number of carbonyl (C=O) groups is 1. The first-order chi connectivity index (χ1) is 7.72. The lowest BCUT2D eigenvalue weighted by atomic mass is 10.4. The number of rotatable bonds is 7. The van der Waals surface area contributed by atoms with E-state index in [2.05, 4.69) is 20.8 Å². The highest BCUT2D eigenvalue weighted by Gasteiger charge is 2.03. The average Bonchev–Trinajstić information content (AvgIpc) is 2.67. The van der Waals surface area contributed by atoms with Crippen LogP contribution in [0.15, 0.2) is 4.52 Å². The third kappa shape index (κ3) is 4.88. The van der Waals surface area contributed by atoms with Crippen LogP contribution < -0.4 is 10.6 Å². The van der Waals surface area contributed by atoms with Gasteiger partial charge in [-0.2, -0.15) is 4.98 Å². The third-order valence-corrected chi connectivity index (χ3v) is 1.94. The molecule has 0 fully saturated rings. The lowest BCUT2D eigenvalue weighted by molar-refractivity contribution is -0.120. The average molecular weight is 226 g/mol. The molecule has 0 unspecified atom stereocenters. The molecule has 1 aromatic rings. The van der Waals surface area contributed by atoms with Gasteiger partial charge in [-0.1, -0.05) is 12.1 Å². The summed E-state index contributed by atoms with van der Waals surface area (Å²) in [4.78, 5) is 15.3. The highest BCUT2D eigenvalue weighted by Crippen LogP contribution is 1.95. The summed E-state index contributed by atoms with van der Waals surface area (Å²) in [6.07, 6.45) is 1.59. The molecule has 1 amide bonds. The molecule has 0 radical (unpaired) electrons. The van der Waals surface area contributed by atoms with Gasteiger partial charge >= 0.3 is 0 Å². The van der Waals surface area contributed by atoms with Crippen molar-refractivity contribution in [1.29, 1.82) is 0 Å². The Hall–Kier alpha value is -1.43. The van der Waals surface area contributed by atoms with E-state index in [-0.39, 0.29) is 5.91 Å². The van der Waals surface area contributed by atoms with Crippen LogP contribution in [0.3, 0.4) is 0 Å². The van der Waals surface area contributed by atoms with Crippen molar-refractivity contribution < 1.29 is 9.32 Å². The SMILES string of the molecule is CCCNC(=O)CNCCc1nc(C)no1. The molecule has 1 rings (SSSR count). The lowest BCUT2D eigenvalue weighted by Gasteiger charge is -2.03. The molecule has 0 atom stereocenters. The fraction of sp³-hybridized carbons (Fsp3) is 0.700. The summed E-state index contributed by atoms with van der Waals surface area (Å²) in [6, 6.07) is 0. The molecular formula is C10H18N4O2. The number of aromatic nitrogens is 2. The van der Waals surface area contributed by atoms with E-state index in [0.717, 1.165) is 13.0 Å². The van der Waals surface area contributed by atoms with Gasteiger partial charge in [-0.25, -0.2) is 0 Å². The van der Waals surface area contributed by atoms with Gasteiger partial charge in [0.05, 0.1) is 6.54 Å². The van der Waals surface area contributed by atoms with Gasteiger partial charge in [-0.05, 0) is 13.3 Å². The van der Waals surface area contributed by atoms with Crippen LogP contribution in [0.1, 0.15) is 25.1 Å². The van der Waals surface area contributed by atoms with E-state index >= 15 is 0 Å². The molecule has 0 spiro atoms. The third-order valence-electron chi connectivity index (χ3n) is 1.94.